The van der Waals surface area contributed by atoms with E-state index in [0.29, 0.717) is 22.4 Å². The molecule has 0 spiro atoms. The summed E-state index contributed by atoms with van der Waals surface area (Å²) in [6.07, 6.45) is 0. The normalized spacial score (nSPS) is 10.4. The van der Waals surface area contributed by atoms with Crippen LogP contribution in [-0.2, 0) is 16.1 Å². The number of benzene rings is 3. The third-order valence-corrected chi connectivity index (χ3v) is 5.99. The summed E-state index contributed by atoms with van der Waals surface area (Å²) >= 11 is 4.27. The first-order chi connectivity index (χ1) is 15.3. The number of esters is 2. The fourth-order valence-corrected chi connectivity index (χ4v) is 5.00. The Balaban J connectivity index is 1.82. The molecule has 164 valence electrons. The summed E-state index contributed by atoms with van der Waals surface area (Å²) in [5, 5.41) is 0. The zero-order chi connectivity index (χ0) is 23.3. The van der Waals surface area contributed by atoms with E-state index in [1.165, 1.54) is 20.1 Å². The second-order valence-corrected chi connectivity index (χ2v) is 8.99. The molecule has 3 aromatic rings. The molecule has 3 rings (SSSR count). The van der Waals surface area contributed by atoms with Crippen LogP contribution in [0, 0.1) is 7.14 Å². The average molecular weight is 656 g/mol. The van der Waals surface area contributed by atoms with Gasteiger partial charge >= 0.3 is 11.9 Å². The van der Waals surface area contributed by atoms with Crippen molar-refractivity contribution in [1.82, 2.24) is 0 Å². The summed E-state index contributed by atoms with van der Waals surface area (Å²) in [6, 6.07) is 17.5. The minimum Gasteiger partial charge on any atom is -0.487 e. The van der Waals surface area contributed by atoms with Crippen molar-refractivity contribution in [2.75, 3.05) is 7.11 Å². The maximum atomic E-state index is 12.8. The maximum absolute atomic E-state index is 12.8. The third-order valence-electron chi connectivity index (χ3n) is 4.38. The van der Waals surface area contributed by atoms with Crippen LogP contribution in [0.3, 0.4) is 0 Å². The van der Waals surface area contributed by atoms with Gasteiger partial charge in [-0.15, -0.1) is 0 Å². The van der Waals surface area contributed by atoms with Crippen LogP contribution >= 0.6 is 45.2 Å². The predicted molar refractivity (Wildman–Crippen MR) is 135 cm³/mol. The Labute approximate surface area is 212 Å². The van der Waals surface area contributed by atoms with Gasteiger partial charge < -0.3 is 14.2 Å². The van der Waals surface area contributed by atoms with Crippen LogP contribution in [0.1, 0.15) is 38.8 Å². The van der Waals surface area contributed by atoms with Crippen LogP contribution < -0.4 is 9.47 Å². The summed E-state index contributed by atoms with van der Waals surface area (Å²) in [5.74, 6) is -0.443. The van der Waals surface area contributed by atoms with Gasteiger partial charge in [0.2, 0.25) is 0 Å². The fraction of sp³-hybridized carbons (Fsp3) is 0.125. The molecule has 0 aliphatic heterocycles. The summed E-state index contributed by atoms with van der Waals surface area (Å²) in [6.45, 7) is 1.43. The highest BCUT2D eigenvalue weighted by Gasteiger charge is 2.18. The second kappa shape index (κ2) is 10.9. The molecule has 0 saturated heterocycles. The molecular formula is C24H18I2O6. The number of halogens is 2. The molecule has 0 N–H and O–H groups in total. The molecule has 0 fully saturated rings. The van der Waals surface area contributed by atoms with E-state index < -0.39 is 11.9 Å². The molecule has 0 unspecified atom stereocenters. The number of carbonyl (C=O) groups is 3. The largest absolute Gasteiger partial charge is 0.487 e. The standard InChI is InChI=1S/C24H18I2O6/c1-14(27)32-21-9-8-15(10-18(21)24(29)30-2)13-31-23-19(25)11-17(12-20(23)26)22(28)16-6-4-3-5-7-16/h3-12H,13H2,1-2H3. The maximum Gasteiger partial charge on any atom is 0.341 e. The Morgan fingerprint density at radius 3 is 2.12 bits per heavy atom. The zero-order valence-corrected chi connectivity index (χ0v) is 21.5. The molecule has 3 aromatic carbocycles. The van der Waals surface area contributed by atoms with Gasteiger partial charge in [0.25, 0.3) is 0 Å². The van der Waals surface area contributed by atoms with Gasteiger partial charge in [0, 0.05) is 18.1 Å². The lowest BCUT2D eigenvalue weighted by atomic mass is 10.0. The van der Waals surface area contributed by atoms with Gasteiger partial charge in [-0.1, -0.05) is 36.4 Å². The molecule has 6 nitrogen and oxygen atoms in total. The third kappa shape index (κ3) is 5.85. The van der Waals surface area contributed by atoms with Crippen molar-refractivity contribution in [3.05, 3.63) is 90.1 Å². The van der Waals surface area contributed by atoms with E-state index in [4.69, 9.17) is 14.2 Å². The number of ether oxygens (including phenoxy) is 3. The highest BCUT2D eigenvalue weighted by molar-refractivity contribution is 14.1. The van der Waals surface area contributed by atoms with E-state index >= 15 is 0 Å². The van der Waals surface area contributed by atoms with E-state index in [1.54, 1.807) is 36.4 Å². The Hall–Kier alpha value is -2.47. The molecule has 0 bridgehead atoms. The first-order valence-corrected chi connectivity index (χ1v) is 11.6. The number of carbonyl (C=O) groups excluding carboxylic acids is 3. The fourth-order valence-electron chi connectivity index (χ4n) is 2.92. The monoisotopic (exact) mass is 656 g/mol. The van der Waals surface area contributed by atoms with Crippen LogP contribution in [0.4, 0.5) is 0 Å². The summed E-state index contributed by atoms with van der Waals surface area (Å²) in [5.41, 5.74) is 2.03. The zero-order valence-electron chi connectivity index (χ0n) is 17.2. The van der Waals surface area contributed by atoms with E-state index in [-0.39, 0.29) is 23.7 Å². The van der Waals surface area contributed by atoms with Gasteiger partial charge in [0.05, 0.1) is 14.3 Å². The van der Waals surface area contributed by atoms with Crippen LogP contribution in [0.2, 0.25) is 0 Å². The van der Waals surface area contributed by atoms with Crippen molar-refractivity contribution in [2.45, 2.75) is 13.5 Å². The van der Waals surface area contributed by atoms with Gasteiger partial charge in [-0.3, -0.25) is 9.59 Å². The highest BCUT2D eigenvalue weighted by Crippen LogP contribution is 2.31. The van der Waals surface area contributed by atoms with E-state index in [0.717, 1.165) is 7.14 Å². The number of hydrogen-bond acceptors (Lipinski definition) is 6. The van der Waals surface area contributed by atoms with Gasteiger partial charge in [0.1, 0.15) is 23.7 Å². The smallest absolute Gasteiger partial charge is 0.341 e. The molecular weight excluding hydrogens is 638 g/mol. The van der Waals surface area contributed by atoms with Crippen molar-refractivity contribution in [1.29, 1.82) is 0 Å². The van der Waals surface area contributed by atoms with Gasteiger partial charge in [-0.2, -0.15) is 0 Å². The molecule has 0 atom stereocenters. The molecule has 0 saturated carbocycles. The number of methoxy groups -OCH3 is 1. The minimum absolute atomic E-state index is 0.0586. The van der Waals surface area contributed by atoms with Gasteiger partial charge in [-0.25, -0.2) is 4.79 Å². The molecule has 8 heteroatoms. The van der Waals surface area contributed by atoms with Crippen LogP contribution in [0.5, 0.6) is 11.5 Å². The Morgan fingerprint density at radius 1 is 0.875 bits per heavy atom. The first-order valence-electron chi connectivity index (χ1n) is 9.41. The number of ketones is 1. The molecule has 0 aromatic heterocycles. The number of rotatable bonds is 7. The predicted octanol–water partition coefficient (Wildman–Crippen LogP) is 5.42. The second-order valence-electron chi connectivity index (χ2n) is 6.67. The average Bonchev–Trinajstić information content (AvgIpc) is 2.78. The molecule has 0 amide bonds. The van der Waals surface area contributed by atoms with Crippen LogP contribution in [0.25, 0.3) is 0 Å². The van der Waals surface area contributed by atoms with Gasteiger partial charge in [0.15, 0.2) is 5.78 Å². The minimum atomic E-state index is -0.615. The number of hydrogen-bond donors (Lipinski definition) is 0. The lowest BCUT2D eigenvalue weighted by Gasteiger charge is -2.14. The quantitative estimate of drug-likeness (QED) is 0.147. The summed E-state index contributed by atoms with van der Waals surface area (Å²) < 4.78 is 17.4. The SMILES string of the molecule is COC(=O)c1cc(COc2c(I)cc(C(=O)c3ccccc3)cc2I)ccc1OC(C)=O. The van der Waals surface area contributed by atoms with E-state index in [2.05, 4.69) is 45.2 Å². The lowest BCUT2D eigenvalue weighted by molar-refractivity contribution is -0.131. The molecule has 0 aliphatic rings. The van der Waals surface area contributed by atoms with Crippen molar-refractivity contribution >= 4 is 62.9 Å². The highest BCUT2D eigenvalue weighted by atomic mass is 127. The summed E-state index contributed by atoms with van der Waals surface area (Å²) in [7, 11) is 1.26. The molecule has 0 radical (unpaired) electrons. The Bertz CT molecular complexity index is 1150. The van der Waals surface area contributed by atoms with Crippen LogP contribution in [-0.4, -0.2) is 24.8 Å². The van der Waals surface area contributed by atoms with Crippen molar-refractivity contribution in [2.24, 2.45) is 0 Å². The molecule has 32 heavy (non-hydrogen) atoms. The lowest BCUT2D eigenvalue weighted by Crippen LogP contribution is -2.10. The van der Waals surface area contributed by atoms with E-state index in [1.807, 2.05) is 18.2 Å². The van der Waals surface area contributed by atoms with Crippen molar-refractivity contribution < 1.29 is 28.6 Å². The molecule has 0 aliphatic carbocycles. The topological polar surface area (TPSA) is 78.9 Å². The summed E-state index contributed by atoms with van der Waals surface area (Å²) in [4.78, 5) is 36.1. The van der Waals surface area contributed by atoms with Crippen LogP contribution in [0.15, 0.2) is 60.7 Å². The van der Waals surface area contributed by atoms with E-state index in [9.17, 15) is 14.4 Å². The molecule has 0 heterocycles. The Morgan fingerprint density at radius 2 is 1.53 bits per heavy atom. The van der Waals surface area contributed by atoms with Gasteiger partial charge in [-0.05, 0) is 75.0 Å². The van der Waals surface area contributed by atoms with Crippen molar-refractivity contribution in [3.63, 3.8) is 0 Å². The van der Waals surface area contributed by atoms with Crippen molar-refractivity contribution in [3.8, 4) is 11.5 Å². The Kier molecular flexibility index (Phi) is 8.24. The first kappa shape index (κ1) is 24.2.